The lowest BCUT2D eigenvalue weighted by molar-refractivity contribution is -0.870. The van der Waals surface area contributed by atoms with Gasteiger partial charge in [-0.15, -0.1) is 0 Å². The summed E-state index contributed by atoms with van der Waals surface area (Å²) in [5, 5.41) is 3.02. The van der Waals surface area contributed by atoms with Crippen LogP contribution in [0.2, 0.25) is 0 Å². The molecule has 3 atom stereocenters. The highest BCUT2D eigenvalue weighted by Gasteiger charge is 2.27. The molecule has 0 rings (SSSR count). The summed E-state index contributed by atoms with van der Waals surface area (Å²) in [5.74, 6) is -0.606. The Hall–Kier alpha value is -3.85. The van der Waals surface area contributed by atoms with Gasteiger partial charge in [-0.05, 0) is 96.0 Å². The molecule has 0 spiro atoms. The molecule has 0 aliphatic heterocycles. The highest BCUT2D eigenvalue weighted by molar-refractivity contribution is 7.45. The molecular formula is C71H121N2O7P. The van der Waals surface area contributed by atoms with Gasteiger partial charge in [-0.1, -0.05) is 277 Å². The number of carbonyl (C=O) groups excluding carboxylic acids is 2. The number of nitrogens with zero attached hydrogens (tertiary/aromatic N) is 1. The van der Waals surface area contributed by atoms with Gasteiger partial charge in [0.15, 0.2) is 0 Å². The number of allylic oxidation sites excluding steroid dienone is 21. The summed E-state index contributed by atoms with van der Waals surface area (Å²) < 4.78 is 30.3. The molecular weight excluding hydrogens is 1020 g/mol. The highest BCUT2D eigenvalue weighted by Crippen LogP contribution is 2.38. The second-order valence-electron chi connectivity index (χ2n) is 22.7. The number of amides is 1. The second-order valence-corrected chi connectivity index (χ2v) is 24.1. The Morgan fingerprint density at radius 2 is 0.840 bits per heavy atom. The van der Waals surface area contributed by atoms with Crippen LogP contribution in [-0.2, 0) is 27.9 Å². The number of ether oxygens (including phenoxy) is 1. The number of carbonyl (C=O) groups is 2. The molecule has 0 fully saturated rings. The van der Waals surface area contributed by atoms with Crippen molar-refractivity contribution < 1.29 is 37.3 Å². The van der Waals surface area contributed by atoms with E-state index in [0.717, 1.165) is 96.3 Å². The van der Waals surface area contributed by atoms with E-state index in [2.05, 4.69) is 86.8 Å². The first-order valence-corrected chi connectivity index (χ1v) is 34.0. The van der Waals surface area contributed by atoms with Crippen molar-refractivity contribution in [1.82, 2.24) is 5.32 Å². The van der Waals surface area contributed by atoms with Gasteiger partial charge >= 0.3 is 5.97 Å². The predicted molar refractivity (Wildman–Crippen MR) is 348 cm³/mol. The number of phosphoric ester groups is 1. The van der Waals surface area contributed by atoms with Crippen molar-refractivity contribution in [2.75, 3.05) is 40.9 Å². The fraction of sp³-hybridized carbons (Fsp3) is 0.662. The van der Waals surface area contributed by atoms with Crippen LogP contribution in [0.15, 0.2) is 134 Å². The molecule has 0 bridgehead atoms. The number of likely N-dealkylation sites (N-methyl/N-ethyl adjacent to an activating group) is 1. The number of unbranched alkanes of at least 4 members (excludes halogenated alkanes) is 26. The molecule has 0 heterocycles. The van der Waals surface area contributed by atoms with E-state index in [-0.39, 0.29) is 24.9 Å². The van der Waals surface area contributed by atoms with Crippen molar-refractivity contribution in [3.63, 3.8) is 0 Å². The maximum Gasteiger partial charge on any atom is 0.306 e. The Kier molecular flexibility index (Phi) is 56.5. The molecule has 0 aromatic rings. The molecule has 0 aliphatic carbocycles. The van der Waals surface area contributed by atoms with E-state index < -0.39 is 26.6 Å². The van der Waals surface area contributed by atoms with E-state index in [9.17, 15) is 19.0 Å². The summed E-state index contributed by atoms with van der Waals surface area (Å²) in [6.45, 7) is 6.62. The average molecular weight is 1150 g/mol. The van der Waals surface area contributed by atoms with Crippen molar-refractivity contribution in [3.05, 3.63) is 134 Å². The van der Waals surface area contributed by atoms with E-state index in [1.165, 1.54) is 116 Å². The normalized spacial score (nSPS) is 14.5. The Balaban J connectivity index is 5.28. The molecule has 462 valence electrons. The van der Waals surface area contributed by atoms with Gasteiger partial charge in [0.05, 0.1) is 33.8 Å². The van der Waals surface area contributed by atoms with E-state index >= 15 is 0 Å². The number of nitrogens with one attached hydrogen (secondary N) is 1. The first-order valence-electron chi connectivity index (χ1n) is 32.6. The zero-order chi connectivity index (χ0) is 59.3. The van der Waals surface area contributed by atoms with Crippen LogP contribution in [0, 0.1) is 0 Å². The van der Waals surface area contributed by atoms with Crippen LogP contribution < -0.4 is 10.2 Å². The van der Waals surface area contributed by atoms with Crippen LogP contribution in [0.5, 0.6) is 0 Å². The minimum atomic E-state index is -4.72. The monoisotopic (exact) mass is 1140 g/mol. The fourth-order valence-electron chi connectivity index (χ4n) is 8.71. The summed E-state index contributed by atoms with van der Waals surface area (Å²) in [5.41, 5.74) is 0. The molecule has 10 heteroatoms. The largest absolute Gasteiger partial charge is 0.756 e. The van der Waals surface area contributed by atoms with Crippen LogP contribution in [0.3, 0.4) is 0 Å². The quantitative estimate of drug-likeness (QED) is 0.0161. The molecule has 0 saturated heterocycles. The molecule has 0 aliphatic rings. The molecule has 0 aromatic heterocycles. The highest BCUT2D eigenvalue weighted by atomic mass is 31.2. The standard InChI is InChI=1S/C71H121N2O7P/c1-7-10-13-16-19-22-25-28-30-32-33-34-35-36-37-38-39-41-42-45-48-51-54-57-60-63-70(74)72-68(67-79-81(76,77)78-66-65-73(4,5)6)69(62-59-56-53-50-47-44-27-24-21-18-15-12-9-3)80-71(75)64-61-58-55-52-49-46-43-40-31-29-26-23-20-17-14-11-8-2/h11,14,17,19-20,22-23,26,28-31,33-34,36-37,40,43,46,49,59,62,68-69H,7-10,12-13,15-16,18,21,24-25,27,32,35,38-39,41-42,44-45,47-48,50-58,60-61,63-67H2,1-6H3,(H-,72,74,76,77)/b14-11-,20-17+,22-19-,26-23+,30-28-,31-29-,34-33-,37-36-,43-40+,49-46+,62-59-. The molecule has 3 unspecified atom stereocenters. The van der Waals surface area contributed by atoms with Crippen LogP contribution in [0.25, 0.3) is 0 Å². The number of hydrogen-bond acceptors (Lipinski definition) is 7. The van der Waals surface area contributed by atoms with Crippen LogP contribution in [0.1, 0.15) is 252 Å². The van der Waals surface area contributed by atoms with Gasteiger partial charge in [-0.3, -0.25) is 14.2 Å². The van der Waals surface area contributed by atoms with Gasteiger partial charge in [0.1, 0.15) is 19.3 Å². The SMILES string of the molecule is CC\C=C/C=C/C=C/C=C\C=C\C=C\CCCCCC(=O)OC(/C=C\CCCCCCCCCCCCC)C(COP(=O)([O-])OCC[N+](C)(C)C)NC(=O)CCCCCCCCCCC/C=C\C/C=C\C/C=C\C/C=C\CCCCC. The molecule has 9 nitrogen and oxygen atoms in total. The van der Waals surface area contributed by atoms with Crippen LogP contribution in [0.4, 0.5) is 0 Å². The Morgan fingerprint density at radius 1 is 0.457 bits per heavy atom. The zero-order valence-corrected chi connectivity index (χ0v) is 53.6. The molecule has 0 saturated carbocycles. The smallest absolute Gasteiger partial charge is 0.306 e. The van der Waals surface area contributed by atoms with Gasteiger partial charge in [-0.25, -0.2) is 0 Å². The first kappa shape index (κ1) is 77.2. The van der Waals surface area contributed by atoms with E-state index in [1.807, 2.05) is 94.1 Å². The minimum Gasteiger partial charge on any atom is -0.756 e. The lowest BCUT2D eigenvalue weighted by Crippen LogP contribution is -2.47. The van der Waals surface area contributed by atoms with E-state index in [0.29, 0.717) is 23.9 Å². The molecule has 81 heavy (non-hydrogen) atoms. The maximum atomic E-state index is 13.6. The van der Waals surface area contributed by atoms with Crippen molar-refractivity contribution >= 4 is 19.7 Å². The maximum absolute atomic E-state index is 13.6. The van der Waals surface area contributed by atoms with Crippen molar-refractivity contribution in [1.29, 1.82) is 0 Å². The van der Waals surface area contributed by atoms with Gasteiger partial charge in [-0.2, -0.15) is 0 Å². The van der Waals surface area contributed by atoms with Gasteiger partial charge in [0, 0.05) is 12.8 Å². The number of phosphoric acid groups is 1. The Morgan fingerprint density at radius 3 is 1.33 bits per heavy atom. The summed E-state index contributed by atoms with van der Waals surface area (Å²) in [6.07, 6.45) is 84.2. The van der Waals surface area contributed by atoms with Crippen LogP contribution in [-0.4, -0.2) is 69.4 Å². The van der Waals surface area contributed by atoms with Crippen molar-refractivity contribution in [2.45, 2.75) is 264 Å². The fourth-order valence-corrected chi connectivity index (χ4v) is 9.44. The summed E-state index contributed by atoms with van der Waals surface area (Å²) in [4.78, 5) is 40.1. The second kappa shape index (κ2) is 59.3. The number of rotatable bonds is 57. The average Bonchev–Trinajstić information content (AvgIpc) is 3.44. The van der Waals surface area contributed by atoms with Gasteiger partial charge in [0.25, 0.3) is 7.82 Å². The summed E-state index contributed by atoms with van der Waals surface area (Å²) in [7, 11) is 1.13. The van der Waals surface area contributed by atoms with Crippen molar-refractivity contribution in [2.24, 2.45) is 0 Å². The van der Waals surface area contributed by atoms with Crippen LogP contribution >= 0.6 is 7.82 Å². The summed E-state index contributed by atoms with van der Waals surface area (Å²) in [6, 6.07) is -0.921. The Labute approximate surface area is 498 Å². The zero-order valence-electron chi connectivity index (χ0n) is 52.7. The van der Waals surface area contributed by atoms with E-state index in [1.54, 1.807) is 0 Å². The number of esters is 1. The predicted octanol–water partition coefficient (Wildman–Crippen LogP) is 19.8. The minimum absolute atomic E-state index is 0.0387. The van der Waals surface area contributed by atoms with Gasteiger partial charge in [0.2, 0.25) is 5.91 Å². The lowest BCUT2D eigenvalue weighted by atomic mass is 10.0. The van der Waals surface area contributed by atoms with Gasteiger partial charge < -0.3 is 28.5 Å². The third-order valence-corrected chi connectivity index (χ3v) is 14.7. The number of quaternary nitrogens is 1. The van der Waals surface area contributed by atoms with Crippen molar-refractivity contribution in [3.8, 4) is 0 Å². The lowest BCUT2D eigenvalue weighted by Gasteiger charge is -2.30. The third-order valence-electron chi connectivity index (χ3n) is 13.7. The number of hydrogen-bond donors (Lipinski definition) is 1. The summed E-state index contributed by atoms with van der Waals surface area (Å²) >= 11 is 0. The third kappa shape index (κ3) is 60.6. The molecule has 1 N–H and O–H groups in total. The molecule has 1 amide bonds. The van der Waals surface area contributed by atoms with E-state index in [4.69, 9.17) is 13.8 Å². The Bertz CT molecular complexity index is 1850. The molecule has 0 aromatic carbocycles. The topological polar surface area (TPSA) is 114 Å². The molecule has 0 radical (unpaired) electrons. The first-order chi connectivity index (χ1) is 39.4.